The molecule has 2 unspecified atom stereocenters. The monoisotopic (exact) mass is 338 g/mol. The van der Waals surface area contributed by atoms with E-state index in [-0.39, 0.29) is 33.3 Å². The van der Waals surface area contributed by atoms with E-state index in [1.807, 2.05) is 0 Å². The van der Waals surface area contributed by atoms with Crippen LogP contribution in [0.5, 0.6) is 0 Å². The van der Waals surface area contributed by atoms with E-state index in [0.29, 0.717) is 12.8 Å². The summed E-state index contributed by atoms with van der Waals surface area (Å²) in [6.07, 6.45) is 2.71. The van der Waals surface area contributed by atoms with Crippen molar-refractivity contribution in [3.8, 4) is 0 Å². The molecule has 0 heterocycles. The molecule has 5 heteroatoms. The average Bonchev–Trinajstić information content (AvgIpc) is 2.89. The summed E-state index contributed by atoms with van der Waals surface area (Å²) in [5.41, 5.74) is -0.189. The molecule has 0 bridgehead atoms. The molecule has 0 aromatic rings. The second-order valence-electron chi connectivity index (χ2n) is 8.97. The van der Waals surface area contributed by atoms with Crippen LogP contribution in [0.1, 0.15) is 47.5 Å². The van der Waals surface area contributed by atoms with Crippen molar-refractivity contribution in [1.82, 2.24) is 0 Å². The fourth-order valence-electron chi connectivity index (χ4n) is 3.57. The molecule has 0 amide bonds. The molecule has 23 heavy (non-hydrogen) atoms. The summed E-state index contributed by atoms with van der Waals surface area (Å²) in [6, 6.07) is 0. The van der Waals surface area contributed by atoms with Crippen LogP contribution in [0, 0.1) is 11.3 Å². The van der Waals surface area contributed by atoms with Crippen molar-refractivity contribution in [3.63, 3.8) is 0 Å². The van der Waals surface area contributed by atoms with E-state index in [1.54, 1.807) is 6.08 Å². The minimum atomic E-state index is -1.97. The molecule has 0 spiro atoms. The zero-order valence-corrected chi connectivity index (χ0v) is 16.7. The Morgan fingerprint density at radius 1 is 1.30 bits per heavy atom. The number of carbonyl (C=O) groups is 2. The van der Waals surface area contributed by atoms with Crippen LogP contribution >= 0.6 is 0 Å². The van der Waals surface area contributed by atoms with Crippen molar-refractivity contribution in [2.24, 2.45) is 11.3 Å². The summed E-state index contributed by atoms with van der Waals surface area (Å²) in [6.45, 7) is 15.5. The van der Waals surface area contributed by atoms with Crippen molar-refractivity contribution < 1.29 is 18.8 Å². The predicted molar refractivity (Wildman–Crippen MR) is 92.6 cm³/mol. The van der Waals surface area contributed by atoms with Crippen LogP contribution in [0.25, 0.3) is 0 Å². The van der Waals surface area contributed by atoms with Gasteiger partial charge >= 0.3 is 5.97 Å². The molecule has 1 saturated carbocycles. The lowest BCUT2D eigenvalue weighted by atomic mass is 9.99. The zero-order chi connectivity index (χ0) is 17.8. The first-order valence-electron chi connectivity index (χ1n) is 8.32. The lowest BCUT2D eigenvalue weighted by Crippen LogP contribution is -2.46. The standard InChI is InChI=1S/C18H30O4Si/c1-16(2,3)23(7,8)22-18-10-9-12(15(20)21-6)13(19)11-14(18)17(18,4)5/h9,14H,10-11H2,1-8H3. The summed E-state index contributed by atoms with van der Waals surface area (Å²) in [4.78, 5) is 24.2. The van der Waals surface area contributed by atoms with E-state index >= 15 is 0 Å². The molecular formula is C18H30O4Si. The Kier molecular flexibility index (Phi) is 4.22. The van der Waals surface area contributed by atoms with Gasteiger partial charge in [-0.25, -0.2) is 4.79 Å². The maximum Gasteiger partial charge on any atom is 0.341 e. The summed E-state index contributed by atoms with van der Waals surface area (Å²) in [5.74, 6) is -0.486. The molecule has 0 aromatic heterocycles. The second kappa shape index (κ2) is 5.28. The van der Waals surface area contributed by atoms with E-state index < -0.39 is 14.3 Å². The van der Waals surface area contributed by atoms with Gasteiger partial charge in [0.1, 0.15) is 0 Å². The van der Waals surface area contributed by atoms with Crippen LogP contribution < -0.4 is 0 Å². The van der Waals surface area contributed by atoms with Gasteiger partial charge in [0.05, 0.1) is 18.3 Å². The molecule has 2 rings (SSSR count). The minimum absolute atomic E-state index is 0.0453. The number of Topliss-reactive ketones (excluding diaryl/α,β-unsaturated/α-hetero) is 1. The quantitative estimate of drug-likeness (QED) is 0.445. The van der Waals surface area contributed by atoms with E-state index in [4.69, 9.17) is 9.16 Å². The number of ether oxygens (including phenoxy) is 1. The fraction of sp³-hybridized carbons (Fsp3) is 0.778. The van der Waals surface area contributed by atoms with E-state index in [9.17, 15) is 9.59 Å². The molecule has 1 fully saturated rings. The van der Waals surface area contributed by atoms with E-state index in [2.05, 4.69) is 47.7 Å². The number of carbonyl (C=O) groups excluding carboxylic acids is 2. The van der Waals surface area contributed by atoms with Crippen molar-refractivity contribution >= 4 is 20.1 Å². The molecule has 0 saturated heterocycles. The first-order chi connectivity index (χ1) is 10.3. The van der Waals surface area contributed by atoms with Crippen molar-refractivity contribution in [2.45, 2.75) is 71.2 Å². The molecule has 2 atom stereocenters. The Balaban J connectivity index is 2.36. The summed E-state index contributed by atoms with van der Waals surface area (Å²) >= 11 is 0. The Morgan fingerprint density at radius 2 is 1.87 bits per heavy atom. The van der Waals surface area contributed by atoms with Crippen molar-refractivity contribution in [2.75, 3.05) is 7.11 Å². The molecular weight excluding hydrogens is 308 g/mol. The first kappa shape index (κ1) is 18.4. The number of hydrogen-bond acceptors (Lipinski definition) is 4. The van der Waals surface area contributed by atoms with Gasteiger partial charge in [-0.05, 0) is 30.0 Å². The first-order valence-corrected chi connectivity index (χ1v) is 11.2. The Labute approximate surface area is 140 Å². The largest absolute Gasteiger partial charge is 0.465 e. The molecule has 0 aliphatic heterocycles. The van der Waals surface area contributed by atoms with Crippen LogP contribution in [0.3, 0.4) is 0 Å². The van der Waals surface area contributed by atoms with E-state index in [1.165, 1.54) is 7.11 Å². The number of ketones is 1. The Morgan fingerprint density at radius 3 is 2.35 bits per heavy atom. The Bertz CT molecular complexity index is 568. The molecule has 0 N–H and O–H groups in total. The zero-order valence-electron chi connectivity index (χ0n) is 15.7. The number of rotatable bonds is 3. The highest BCUT2D eigenvalue weighted by Gasteiger charge is 2.73. The van der Waals surface area contributed by atoms with Crippen LogP contribution in [0.15, 0.2) is 11.6 Å². The minimum Gasteiger partial charge on any atom is -0.465 e. The van der Waals surface area contributed by atoms with Crippen molar-refractivity contribution in [3.05, 3.63) is 11.6 Å². The van der Waals surface area contributed by atoms with Gasteiger partial charge in [0, 0.05) is 12.3 Å². The number of methoxy groups -OCH3 is 1. The Hall–Kier alpha value is -0.943. The number of hydrogen-bond donors (Lipinski definition) is 0. The van der Waals surface area contributed by atoms with Crippen LogP contribution in [-0.2, 0) is 18.8 Å². The van der Waals surface area contributed by atoms with Gasteiger partial charge in [0.15, 0.2) is 14.1 Å². The van der Waals surface area contributed by atoms with Gasteiger partial charge < -0.3 is 9.16 Å². The highest BCUT2D eigenvalue weighted by atomic mass is 28.4. The van der Waals surface area contributed by atoms with Crippen molar-refractivity contribution in [1.29, 1.82) is 0 Å². The van der Waals surface area contributed by atoms with Crippen LogP contribution in [0.2, 0.25) is 18.1 Å². The molecule has 130 valence electrons. The normalized spacial score (nSPS) is 30.2. The summed E-state index contributed by atoms with van der Waals surface area (Å²) < 4.78 is 11.5. The average molecular weight is 339 g/mol. The predicted octanol–water partition coefficient (Wildman–Crippen LogP) is 3.87. The van der Waals surface area contributed by atoms with Gasteiger partial charge in [-0.1, -0.05) is 40.7 Å². The van der Waals surface area contributed by atoms with Gasteiger partial charge in [-0.2, -0.15) is 0 Å². The second-order valence-corrected chi connectivity index (χ2v) is 13.7. The molecule has 2 aliphatic carbocycles. The SMILES string of the molecule is COC(=O)C1=CCC2(O[Si](C)(C)C(C)(C)C)C(CC1=O)C2(C)C. The van der Waals surface area contributed by atoms with Gasteiger partial charge in [0.2, 0.25) is 0 Å². The number of esters is 1. The third kappa shape index (κ3) is 2.72. The van der Waals surface area contributed by atoms with Crippen LogP contribution in [0.4, 0.5) is 0 Å². The maximum absolute atomic E-state index is 12.4. The number of fused-ring (bicyclic) bond motifs is 1. The smallest absolute Gasteiger partial charge is 0.341 e. The molecule has 0 radical (unpaired) electrons. The van der Waals surface area contributed by atoms with Crippen LogP contribution in [-0.4, -0.2) is 32.8 Å². The fourth-order valence-corrected chi connectivity index (χ4v) is 5.28. The highest BCUT2D eigenvalue weighted by molar-refractivity contribution is 6.74. The molecule has 4 nitrogen and oxygen atoms in total. The van der Waals surface area contributed by atoms with Gasteiger partial charge in [0.25, 0.3) is 0 Å². The third-order valence-electron chi connectivity index (χ3n) is 6.39. The highest BCUT2D eigenvalue weighted by Crippen LogP contribution is 2.70. The summed E-state index contributed by atoms with van der Waals surface area (Å²) in [7, 11) is -0.657. The lowest BCUT2D eigenvalue weighted by molar-refractivity contribution is -0.137. The van der Waals surface area contributed by atoms with Gasteiger partial charge in [-0.15, -0.1) is 0 Å². The molecule has 0 aromatic carbocycles. The topological polar surface area (TPSA) is 52.6 Å². The maximum atomic E-state index is 12.4. The summed E-state index contributed by atoms with van der Waals surface area (Å²) in [5, 5.41) is 0.107. The third-order valence-corrected chi connectivity index (χ3v) is 10.9. The van der Waals surface area contributed by atoms with E-state index in [0.717, 1.165) is 0 Å². The molecule has 2 aliphatic rings. The lowest BCUT2D eigenvalue weighted by Gasteiger charge is -2.41. The van der Waals surface area contributed by atoms with Gasteiger partial charge in [-0.3, -0.25) is 4.79 Å².